The third-order valence-corrected chi connectivity index (χ3v) is 1.93. The first kappa shape index (κ1) is 11.1. The molecule has 0 aliphatic carbocycles. The van der Waals surface area contributed by atoms with E-state index in [1.54, 1.807) is 6.92 Å². The molecule has 0 heterocycles. The first-order valence-corrected chi connectivity index (χ1v) is 4.41. The highest BCUT2D eigenvalue weighted by molar-refractivity contribution is 5.18. The lowest BCUT2D eigenvalue weighted by Gasteiger charge is -2.10. The van der Waals surface area contributed by atoms with Crippen LogP contribution < -0.4 is 5.32 Å². The van der Waals surface area contributed by atoms with Crippen molar-refractivity contribution in [1.82, 2.24) is 5.32 Å². The predicted molar refractivity (Wildman–Crippen MR) is 49.7 cm³/mol. The van der Waals surface area contributed by atoms with Gasteiger partial charge in [-0.1, -0.05) is 6.07 Å². The molecular formula is C10H13F2NO. The lowest BCUT2D eigenvalue weighted by molar-refractivity contribution is 0.250. The van der Waals surface area contributed by atoms with E-state index in [4.69, 9.17) is 5.11 Å². The summed E-state index contributed by atoms with van der Waals surface area (Å²) in [5.74, 6) is -1.15. The topological polar surface area (TPSA) is 32.3 Å². The number of aliphatic hydroxyl groups excluding tert-OH is 1. The molecule has 0 aliphatic rings. The number of halogens is 2. The summed E-state index contributed by atoms with van der Waals surface area (Å²) in [6.45, 7) is 2.05. The van der Waals surface area contributed by atoms with E-state index in [2.05, 4.69) is 5.32 Å². The van der Waals surface area contributed by atoms with Crippen LogP contribution in [0.3, 0.4) is 0 Å². The molecule has 0 aromatic heterocycles. The van der Waals surface area contributed by atoms with Crippen molar-refractivity contribution in [1.29, 1.82) is 0 Å². The van der Waals surface area contributed by atoms with Crippen LogP contribution in [0.1, 0.15) is 12.5 Å². The summed E-state index contributed by atoms with van der Waals surface area (Å²) in [7, 11) is 0. The van der Waals surface area contributed by atoms with Gasteiger partial charge in [0.05, 0.1) is 6.61 Å². The normalized spacial score (nSPS) is 12.9. The van der Waals surface area contributed by atoms with Gasteiger partial charge in [0.15, 0.2) is 0 Å². The standard InChI is InChI=1S/C10H13F2NO/c1-7(6-14)13-5-8-2-3-9(11)4-10(8)12/h2-4,7,13-14H,5-6H2,1H3/t7-/m0/s1. The first-order chi connectivity index (χ1) is 6.63. The Balaban J connectivity index is 2.59. The van der Waals surface area contributed by atoms with Crippen molar-refractivity contribution >= 4 is 0 Å². The van der Waals surface area contributed by atoms with E-state index in [9.17, 15) is 8.78 Å². The number of nitrogens with one attached hydrogen (secondary N) is 1. The number of benzene rings is 1. The summed E-state index contributed by atoms with van der Waals surface area (Å²) in [6, 6.07) is 3.35. The molecule has 2 N–H and O–H groups in total. The molecule has 0 fully saturated rings. The lowest BCUT2D eigenvalue weighted by atomic mass is 10.2. The Bertz CT molecular complexity index is 304. The zero-order valence-corrected chi connectivity index (χ0v) is 7.93. The summed E-state index contributed by atoms with van der Waals surface area (Å²) in [5, 5.41) is 11.6. The van der Waals surface area contributed by atoms with Crippen molar-refractivity contribution in [2.45, 2.75) is 19.5 Å². The maximum atomic E-state index is 13.1. The van der Waals surface area contributed by atoms with Gasteiger partial charge in [-0.3, -0.25) is 0 Å². The molecular weight excluding hydrogens is 188 g/mol. The van der Waals surface area contributed by atoms with Crippen LogP contribution in [0.2, 0.25) is 0 Å². The Morgan fingerprint density at radius 2 is 2.14 bits per heavy atom. The van der Waals surface area contributed by atoms with Gasteiger partial charge in [-0.15, -0.1) is 0 Å². The van der Waals surface area contributed by atoms with Crippen LogP contribution in [-0.2, 0) is 6.54 Å². The second-order valence-electron chi connectivity index (χ2n) is 3.20. The van der Waals surface area contributed by atoms with Gasteiger partial charge < -0.3 is 10.4 Å². The summed E-state index contributed by atoms with van der Waals surface area (Å²) < 4.78 is 25.6. The molecule has 1 aromatic rings. The molecule has 0 spiro atoms. The van der Waals surface area contributed by atoms with E-state index < -0.39 is 11.6 Å². The van der Waals surface area contributed by atoms with Crippen molar-refractivity contribution in [3.8, 4) is 0 Å². The Labute approximate surface area is 81.6 Å². The van der Waals surface area contributed by atoms with E-state index in [-0.39, 0.29) is 19.2 Å². The molecule has 0 unspecified atom stereocenters. The number of hydrogen-bond donors (Lipinski definition) is 2. The minimum Gasteiger partial charge on any atom is -0.395 e. The highest BCUT2D eigenvalue weighted by atomic mass is 19.1. The fourth-order valence-corrected chi connectivity index (χ4v) is 1.01. The van der Waals surface area contributed by atoms with Gasteiger partial charge in [-0.2, -0.15) is 0 Å². The van der Waals surface area contributed by atoms with E-state index in [1.807, 2.05) is 0 Å². The minimum atomic E-state index is -0.582. The van der Waals surface area contributed by atoms with Crippen molar-refractivity contribution in [2.24, 2.45) is 0 Å². The quantitative estimate of drug-likeness (QED) is 0.772. The Hall–Kier alpha value is -1.00. The third-order valence-electron chi connectivity index (χ3n) is 1.93. The fourth-order valence-electron chi connectivity index (χ4n) is 1.01. The van der Waals surface area contributed by atoms with Gasteiger partial charge >= 0.3 is 0 Å². The van der Waals surface area contributed by atoms with Crippen LogP contribution >= 0.6 is 0 Å². The molecule has 78 valence electrons. The molecule has 0 saturated carbocycles. The maximum Gasteiger partial charge on any atom is 0.130 e. The van der Waals surface area contributed by atoms with Crippen molar-refractivity contribution in [2.75, 3.05) is 6.61 Å². The average molecular weight is 201 g/mol. The molecule has 0 aliphatic heterocycles. The molecule has 4 heteroatoms. The molecule has 14 heavy (non-hydrogen) atoms. The van der Waals surface area contributed by atoms with Gasteiger partial charge in [-0.05, 0) is 13.0 Å². The van der Waals surface area contributed by atoms with Gasteiger partial charge in [0, 0.05) is 24.2 Å². The molecule has 1 rings (SSSR count). The van der Waals surface area contributed by atoms with E-state index in [1.165, 1.54) is 12.1 Å². The number of aliphatic hydroxyl groups is 1. The highest BCUT2D eigenvalue weighted by Gasteiger charge is 2.04. The summed E-state index contributed by atoms with van der Waals surface area (Å²) in [4.78, 5) is 0. The van der Waals surface area contributed by atoms with Gasteiger partial charge in [-0.25, -0.2) is 8.78 Å². The van der Waals surface area contributed by atoms with Crippen LogP contribution in [0.15, 0.2) is 18.2 Å². The SMILES string of the molecule is C[C@@H](CO)NCc1ccc(F)cc1F. The maximum absolute atomic E-state index is 13.1. The van der Waals surface area contributed by atoms with Crippen molar-refractivity contribution < 1.29 is 13.9 Å². The summed E-state index contributed by atoms with van der Waals surface area (Å²) in [6.07, 6.45) is 0. The van der Waals surface area contributed by atoms with E-state index in [0.29, 0.717) is 5.56 Å². The Morgan fingerprint density at radius 3 is 2.71 bits per heavy atom. The minimum absolute atomic E-state index is 0.0111. The third kappa shape index (κ3) is 3.05. The monoisotopic (exact) mass is 201 g/mol. The summed E-state index contributed by atoms with van der Waals surface area (Å²) >= 11 is 0. The van der Waals surface area contributed by atoms with Gasteiger partial charge in [0.2, 0.25) is 0 Å². The molecule has 2 nitrogen and oxygen atoms in total. The summed E-state index contributed by atoms with van der Waals surface area (Å²) in [5.41, 5.74) is 0.395. The predicted octanol–water partition coefficient (Wildman–Crippen LogP) is 1.44. The fraction of sp³-hybridized carbons (Fsp3) is 0.400. The van der Waals surface area contributed by atoms with Crippen LogP contribution in [-0.4, -0.2) is 17.8 Å². The molecule has 0 bridgehead atoms. The van der Waals surface area contributed by atoms with Gasteiger partial charge in [0.25, 0.3) is 0 Å². The van der Waals surface area contributed by atoms with Crippen LogP contribution in [0.25, 0.3) is 0 Å². The van der Waals surface area contributed by atoms with Crippen LogP contribution in [0, 0.1) is 11.6 Å². The lowest BCUT2D eigenvalue weighted by Crippen LogP contribution is -2.28. The van der Waals surface area contributed by atoms with Crippen molar-refractivity contribution in [3.05, 3.63) is 35.4 Å². The Kier molecular flexibility index (Phi) is 3.98. The first-order valence-electron chi connectivity index (χ1n) is 4.41. The van der Waals surface area contributed by atoms with Crippen molar-refractivity contribution in [3.63, 3.8) is 0 Å². The second kappa shape index (κ2) is 5.02. The van der Waals surface area contributed by atoms with Gasteiger partial charge in [0.1, 0.15) is 11.6 Å². The Morgan fingerprint density at radius 1 is 1.43 bits per heavy atom. The second-order valence-corrected chi connectivity index (χ2v) is 3.20. The average Bonchev–Trinajstić information content (AvgIpc) is 2.16. The van der Waals surface area contributed by atoms with Crippen LogP contribution in [0.5, 0.6) is 0 Å². The van der Waals surface area contributed by atoms with E-state index >= 15 is 0 Å². The smallest absolute Gasteiger partial charge is 0.130 e. The van der Waals surface area contributed by atoms with Crippen LogP contribution in [0.4, 0.5) is 8.78 Å². The number of hydrogen-bond acceptors (Lipinski definition) is 2. The zero-order chi connectivity index (χ0) is 10.6. The molecule has 1 aromatic carbocycles. The molecule has 0 saturated heterocycles. The molecule has 0 radical (unpaired) electrons. The zero-order valence-electron chi connectivity index (χ0n) is 7.93. The molecule has 1 atom stereocenters. The van der Waals surface area contributed by atoms with E-state index in [0.717, 1.165) is 6.07 Å². The molecule has 0 amide bonds. The highest BCUT2D eigenvalue weighted by Crippen LogP contribution is 2.09. The number of rotatable bonds is 4. The largest absolute Gasteiger partial charge is 0.395 e.